The van der Waals surface area contributed by atoms with Gasteiger partial charge in [-0.05, 0) is 48.0 Å². The lowest BCUT2D eigenvalue weighted by Crippen LogP contribution is -2.30. The van der Waals surface area contributed by atoms with Crippen molar-refractivity contribution in [2.45, 2.75) is 18.6 Å². The molecule has 1 N–H and O–H groups in total. The molecule has 1 heterocycles. The minimum atomic E-state index is -4.49. The van der Waals surface area contributed by atoms with Gasteiger partial charge in [-0.3, -0.25) is 4.79 Å². The lowest BCUT2D eigenvalue weighted by Gasteiger charge is -2.16. The molecule has 0 unspecified atom stereocenters. The molecule has 1 aromatic heterocycles. The normalized spacial score (nSPS) is 12.1. The third-order valence-electron chi connectivity index (χ3n) is 5.44. The number of hydrogen-bond acceptors (Lipinski definition) is 6. The number of benzene rings is 3. The largest absolute Gasteiger partial charge is 0.493 e. The van der Waals surface area contributed by atoms with Crippen LogP contribution in [-0.4, -0.2) is 30.3 Å². The molecule has 1 atom stereocenters. The van der Waals surface area contributed by atoms with Crippen molar-refractivity contribution in [2.24, 2.45) is 0 Å². The molecule has 1 amide bonds. The second-order valence-electron chi connectivity index (χ2n) is 7.82. The number of rotatable bonds is 8. The van der Waals surface area contributed by atoms with Crippen LogP contribution in [-0.2, 0) is 12.6 Å². The van der Waals surface area contributed by atoms with E-state index in [2.05, 4.69) is 15.5 Å². The molecule has 0 radical (unpaired) electrons. The molecule has 10 heteroatoms. The summed E-state index contributed by atoms with van der Waals surface area (Å²) in [5, 5.41) is 6.84. The number of carbonyl (C=O) groups is 1. The Morgan fingerprint density at radius 1 is 0.972 bits per heavy atom. The highest BCUT2D eigenvalue weighted by Gasteiger charge is 2.30. The van der Waals surface area contributed by atoms with Gasteiger partial charge in [0.05, 0.1) is 19.8 Å². The number of carbonyl (C=O) groups excluding carboxylic acids is 1. The van der Waals surface area contributed by atoms with Crippen molar-refractivity contribution in [3.05, 3.63) is 95.4 Å². The molecule has 0 bridgehead atoms. The van der Waals surface area contributed by atoms with Crippen molar-refractivity contribution in [1.82, 2.24) is 15.5 Å². The van der Waals surface area contributed by atoms with Crippen LogP contribution in [0.15, 0.2) is 77.3 Å². The molecule has 0 aliphatic carbocycles. The molecule has 0 aliphatic heterocycles. The van der Waals surface area contributed by atoms with Gasteiger partial charge in [-0.15, -0.1) is 0 Å². The van der Waals surface area contributed by atoms with Gasteiger partial charge in [0.2, 0.25) is 11.7 Å². The lowest BCUT2D eigenvalue weighted by atomic mass is 10.0. The van der Waals surface area contributed by atoms with E-state index in [1.807, 2.05) is 30.3 Å². The van der Waals surface area contributed by atoms with Crippen LogP contribution in [0, 0.1) is 0 Å². The highest BCUT2D eigenvalue weighted by Crippen LogP contribution is 2.32. The van der Waals surface area contributed by atoms with Gasteiger partial charge in [-0.2, -0.15) is 18.2 Å². The molecule has 186 valence electrons. The lowest BCUT2D eigenvalue weighted by molar-refractivity contribution is -0.137. The maximum Gasteiger partial charge on any atom is 0.416 e. The third-order valence-corrected chi connectivity index (χ3v) is 5.44. The second kappa shape index (κ2) is 10.5. The van der Waals surface area contributed by atoms with Gasteiger partial charge in [0.1, 0.15) is 6.04 Å². The summed E-state index contributed by atoms with van der Waals surface area (Å²) < 4.78 is 54.7. The number of alkyl halides is 3. The first-order valence-electron chi connectivity index (χ1n) is 10.9. The van der Waals surface area contributed by atoms with E-state index in [9.17, 15) is 18.0 Å². The Morgan fingerprint density at radius 2 is 1.67 bits per heavy atom. The minimum Gasteiger partial charge on any atom is -0.493 e. The molecule has 0 spiro atoms. The highest BCUT2D eigenvalue weighted by molar-refractivity contribution is 5.94. The summed E-state index contributed by atoms with van der Waals surface area (Å²) in [7, 11) is 3.04. The fraction of sp³-hybridized carbons (Fsp3) is 0.192. The van der Waals surface area contributed by atoms with E-state index in [1.54, 1.807) is 18.2 Å². The number of amides is 1. The first-order valence-corrected chi connectivity index (χ1v) is 10.9. The van der Waals surface area contributed by atoms with Crippen molar-refractivity contribution >= 4 is 5.91 Å². The Bertz CT molecular complexity index is 1320. The van der Waals surface area contributed by atoms with Gasteiger partial charge in [0, 0.05) is 17.5 Å². The topological polar surface area (TPSA) is 86.5 Å². The number of ether oxygens (including phenoxy) is 2. The molecule has 0 aliphatic rings. The highest BCUT2D eigenvalue weighted by atomic mass is 19.4. The predicted molar refractivity (Wildman–Crippen MR) is 125 cm³/mol. The Labute approximate surface area is 204 Å². The summed E-state index contributed by atoms with van der Waals surface area (Å²) >= 11 is 0. The van der Waals surface area contributed by atoms with Gasteiger partial charge in [0.25, 0.3) is 5.91 Å². The van der Waals surface area contributed by atoms with E-state index in [-0.39, 0.29) is 17.3 Å². The number of aromatic nitrogens is 2. The number of nitrogens with one attached hydrogen (secondary N) is 1. The first-order chi connectivity index (χ1) is 17.3. The van der Waals surface area contributed by atoms with E-state index >= 15 is 0 Å². The van der Waals surface area contributed by atoms with E-state index in [0.29, 0.717) is 23.5 Å². The SMILES string of the molecule is COc1ccc(-c2noc([C@@H](Cc3ccccc3)NC(=O)c3ccc(C(F)(F)F)cc3)n2)cc1OC. The molecule has 4 rings (SSSR count). The van der Waals surface area contributed by atoms with Gasteiger partial charge in [0.15, 0.2) is 11.5 Å². The van der Waals surface area contributed by atoms with Gasteiger partial charge in [-0.25, -0.2) is 0 Å². The maximum atomic E-state index is 12.9. The number of methoxy groups -OCH3 is 2. The predicted octanol–water partition coefficient (Wildman–Crippen LogP) is 5.49. The standard InChI is InChI=1S/C26H22F3N3O4/c1-34-21-13-10-18(15-22(21)35-2)23-31-25(36-32-23)20(14-16-6-4-3-5-7-16)30-24(33)17-8-11-19(12-9-17)26(27,28)29/h3-13,15,20H,14H2,1-2H3,(H,30,33)/t20-/m1/s1. The van der Waals surface area contributed by atoms with Gasteiger partial charge >= 0.3 is 6.18 Å². The van der Waals surface area contributed by atoms with Crippen molar-refractivity contribution in [3.63, 3.8) is 0 Å². The average Bonchev–Trinajstić information content (AvgIpc) is 3.38. The summed E-state index contributed by atoms with van der Waals surface area (Å²) in [6.07, 6.45) is -4.17. The molecule has 36 heavy (non-hydrogen) atoms. The quantitative estimate of drug-likeness (QED) is 0.347. The molecule has 4 aromatic rings. The Kier molecular flexibility index (Phi) is 7.23. The van der Waals surface area contributed by atoms with Crippen LogP contribution in [0.25, 0.3) is 11.4 Å². The zero-order valence-electron chi connectivity index (χ0n) is 19.4. The van der Waals surface area contributed by atoms with Crippen molar-refractivity contribution in [1.29, 1.82) is 0 Å². The van der Waals surface area contributed by atoms with Crippen LogP contribution in [0.2, 0.25) is 0 Å². The van der Waals surface area contributed by atoms with E-state index in [0.717, 1.165) is 29.8 Å². The zero-order valence-corrected chi connectivity index (χ0v) is 19.4. The summed E-state index contributed by atoms with van der Waals surface area (Å²) in [4.78, 5) is 17.4. The molecular weight excluding hydrogens is 475 g/mol. The van der Waals surface area contributed by atoms with E-state index in [4.69, 9.17) is 14.0 Å². The van der Waals surface area contributed by atoms with Crippen molar-refractivity contribution in [2.75, 3.05) is 14.2 Å². The van der Waals surface area contributed by atoms with Gasteiger partial charge in [-0.1, -0.05) is 35.5 Å². The van der Waals surface area contributed by atoms with Crippen LogP contribution in [0.3, 0.4) is 0 Å². The monoisotopic (exact) mass is 497 g/mol. The maximum absolute atomic E-state index is 12.9. The number of nitrogens with zero attached hydrogens (tertiary/aromatic N) is 2. The molecule has 7 nitrogen and oxygen atoms in total. The summed E-state index contributed by atoms with van der Waals surface area (Å²) in [6, 6.07) is 17.7. The van der Waals surface area contributed by atoms with Crippen molar-refractivity contribution in [3.8, 4) is 22.9 Å². The van der Waals surface area contributed by atoms with Gasteiger partial charge < -0.3 is 19.3 Å². The van der Waals surface area contributed by atoms with Crippen LogP contribution in [0.1, 0.15) is 33.4 Å². The van der Waals surface area contributed by atoms with E-state index < -0.39 is 23.7 Å². The smallest absolute Gasteiger partial charge is 0.416 e. The molecule has 0 fully saturated rings. The molecule has 0 saturated carbocycles. The van der Waals surface area contributed by atoms with Crippen LogP contribution in [0.4, 0.5) is 13.2 Å². The minimum absolute atomic E-state index is 0.0701. The van der Waals surface area contributed by atoms with Crippen LogP contribution < -0.4 is 14.8 Å². The van der Waals surface area contributed by atoms with Crippen molar-refractivity contribution < 1.29 is 32.0 Å². The van der Waals surface area contributed by atoms with E-state index in [1.165, 1.54) is 14.2 Å². The fourth-order valence-electron chi connectivity index (χ4n) is 3.57. The Morgan fingerprint density at radius 3 is 2.31 bits per heavy atom. The fourth-order valence-corrected chi connectivity index (χ4v) is 3.57. The number of halogens is 3. The Hall–Kier alpha value is -4.34. The third kappa shape index (κ3) is 5.65. The molecule has 3 aromatic carbocycles. The Balaban J connectivity index is 1.61. The second-order valence-corrected chi connectivity index (χ2v) is 7.82. The molecular formula is C26H22F3N3O4. The zero-order chi connectivity index (χ0) is 25.7. The van der Waals surface area contributed by atoms with Crippen LogP contribution in [0.5, 0.6) is 11.5 Å². The van der Waals surface area contributed by atoms with Crippen LogP contribution >= 0.6 is 0 Å². The summed E-state index contributed by atoms with van der Waals surface area (Å²) in [5.74, 6) is 0.862. The average molecular weight is 497 g/mol. The summed E-state index contributed by atoms with van der Waals surface area (Å²) in [6.45, 7) is 0. The molecule has 0 saturated heterocycles. The first kappa shape index (κ1) is 24.8. The summed E-state index contributed by atoms with van der Waals surface area (Å²) in [5.41, 5.74) is 0.730. The number of hydrogen-bond donors (Lipinski definition) is 1.